The number of hydrogen-bond acceptors (Lipinski definition) is 3. The standard InChI is InChI=1S/C17H26N2O/c1-3-4-5-6-8-15-11-17(13-18-12-15)20-14-16-9-7-10-19(16)2/h6,8,11-13,16H,3-5,7,9-10,14H2,1-2H3/t16-/m0/s1. The molecule has 0 saturated carbocycles. The second-order valence-corrected chi connectivity index (χ2v) is 5.59. The van der Waals surface area contributed by atoms with Gasteiger partial charge in [0.2, 0.25) is 0 Å². The van der Waals surface area contributed by atoms with Gasteiger partial charge in [-0.3, -0.25) is 4.98 Å². The van der Waals surface area contributed by atoms with Crippen LogP contribution in [0.2, 0.25) is 0 Å². The highest BCUT2D eigenvalue weighted by atomic mass is 16.5. The Labute approximate surface area is 122 Å². The fourth-order valence-corrected chi connectivity index (χ4v) is 2.53. The van der Waals surface area contributed by atoms with Gasteiger partial charge in [-0.1, -0.05) is 31.9 Å². The van der Waals surface area contributed by atoms with Crippen molar-refractivity contribution in [3.8, 4) is 5.75 Å². The van der Waals surface area contributed by atoms with E-state index in [2.05, 4.69) is 42.1 Å². The molecule has 0 amide bonds. The molecule has 3 nitrogen and oxygen atoms in total. The number of hydrogen-bond donors (Lipinski definition) is 0. The number of likely N-dealkylation sites (N-methyl/N-ethyl adjacent to an activating group) is 1. The van der Waals surface area contributed by atoms with Crippen LogP contribution in [0, 0.1) is 0 Å². The van der Waals surface area contributed by atoms with Gasteiger partial charge in [0.1, 0.15) is 12.4 Å². The Bertz CT molecular complexity index is 431. The Hall–Kier alpha value is -1.35. The van der Waals surface area contributed by atoms with E-state index in [0.717, 1.165) is 24.3 Å². The molecule has 1 aliphatic heterocycles. The van der Waals surface area contributed by atoms with Crippen molar-refractivity contribution in [1.82, 2.24) is 9.88 Å². The van der Waals surface area contributed by atoms with Gasteiger partial charge in [-0.25, -0.2) is 0 Å². The summed E-state index contributed by atoms with van der Waals surface area (Å²) in [7, 11) is 2.17. The summed E-state index contributed by atoms with van der Waals surface area (Å²) in [6.07, 6.45) is 14.2. The Morgan fingerprint density at radius 3 is 3.10 bits per heavy atom. The molecule has 1 saturated heterocycles. The van der Waals surface area contributed by atoms with Crippen LogP contribution in [-0.4, -0.2) is 36.1 Å². The molecule has 0 unspecified atom stereocenters. The Morgan fingerprint density at radius 2 is 2.35 bits per heavy atom. The number of rotatable bonds is 7. The summed E-state index contributed by atoms with van der Waals surface area (Å²) in [5.74, 6) is 0.878. The lowest BCUT2D eigenvalue weighted by Crippen LogP contribution is -2.30. The van der Waals surface area contributed by atoms with E-state index in [-0.39, 0.29) is 0 Å². The average Bonchev–Trinajstić information content (AvgIpc) is 2.87. The monoisotopic (exact) mass is 274 g/mol. The predicted molar refractivity (Wildman–Crippen MR) is 83.9 cm³/mol. The third-order valence-electron chi connectivity index (χ3n) is 3.88. The van der Waals surface area contributed by atoms with E-state index < -0.39 is 0 Å². The molecule has 0 bridgehead atoms. The molecule has 3 heteroatoms. The highest BCUT2D eigenvalue weighted by molar-refractivity contribution is 5.49. The number of pyridine rings is 1. The molecular formula is C17H26N2O. The van der Waals surface area contributed by atoms with E-state index in [1.807, 2.05) is 6.20 Å². The molecule has 0 radical (unpaired) electrons. The summed E-state index contributed by atoms with van der Waals surface area (Å²) in [6.45, 7) is 4.16. The zero-order valence-corrected chi connectivity index (χ0v) is 12.7. The van der Waals surface area contributed by atoms with Crippen molar-refractivity contribution in [2.45, 2.75) is 45.1 Å². The van der Waals surface area contributed by atoms with Crippen LogP contribution in [0.3, 0.4) is 0 Å². The van der Waals surface area contributed by atoms with Crippen LogP contribution in [0.4, 0.5) is 0 Å². The first-order chi connectivity index (χ1) is 9.79. The molecule has 20 heavy (non-hydrogen) atoms. The minimum Gasteiger partial charge on any atom is -0.490 e. The fourth-order valence-electron chi connectivity index (χ4n) is 2.53. The summed E-state index contributed by atoms with van der Waals surface area (Å²) >= 11 is 0. The smallest absolute Gasteiger partial charge is 0.138 e. The van der Waals surface area contributed by atoms with Gasteiger partial charge in [0.05, 0.1) is 6.20 Å². The van der Waals surface area contributed by atoms with Crippen molar-refractivity contribution >= 4 is 6.08 Å². The number of likely N-dealkylation sites (tertiary alicyclic amines) is 1. The van der Waals surface area contributed by atoms with Crippen molar-refractivity contribution in [3.05, 3.63) is 30.1 Å². The Kier molecular flexibility index (Phi) is 6.06. The number of aromatic nitrogens is 1. The molecule has 0 spiro atoms. The van der Waals surface area contributed by atoms with Gasteiger partial charge in [-0.2, -0.15) is 0 Å². The maximum Gasteiger partial charge on any atom is 0.138 e. The van der Waals surface area contributed by atoms with Gasteiger partial charge in [0.25, 0.3) is 0 Å². The third-order valence-corrected chi connectivity index (χ3v) is 3.88. The highest BCUT2D eigenvalue weighted by Gasteiger charge is 2.21. The maximum absolute atomic E-state index is 5.89. The maximum atomic E-state index is 5.89. The van der Waals surface area contributed by atoms with Crippen LogP contribution in [0.1, 0.15) is 44.6 Å². The van der Waals surface area contributed by atoms with Crippen LogP contribution in [0.15, 0.2) is 24.5 Å². The SMILES string of the molecule is CCCCC=Cc1cncc(OC[C@@H]2CCCN2C)c1. The molecule has 1 atom stereocenters. The third kappa shape index (κ3) is 4.64. The molecule has 110 valence electrons. The van der Waals surface area contributed by atoms with Crippen molar-refractivity contribution in [2.24, 2.45) is 0 Å². The molecule has 1 aromatic heterocycles. The zero-order chi connectivity index (χ0) is 14.2. The van der Waals surface area contributed by atoms with Gasteiger partial charge in [0, 0.05) is 12.2 Å². The first kappa shape index (κ1) is 15.0. The average molecular weight is 274 g/mol. The summed E-state index contributed by atoms with van der Waals surface area (Å²) in [6, 6.07) is 2.63. The van der Waals surface area contributed by atoms with Gasteiger partial charge < -0.3 is 9.64 Å². The summed E-state index contributed by atoms with van der Waals surface area (Å²) in [5, 5.41) is 0. The van der Waals surface area contributed by atoms with E-state index >= 15 is 0 Å². The quantitative estimate of drug-likeness (QED) is 0.708. The Balaban J connectivity index is 1.84. The van der Waals surface area contributed by atoms with Crippen molar-refractivity contribution < 1.29 is 4.74 Å². The largest absolute Gasteiger partial charge is 0.490 e. The normalized spacial score (nSPS) is 19.8. The van der Waals surface area contributed by atoms with Gasteiger partial charge in [0.15, 0.2) is 0 Å². The van der Waals surface area contributed by atoms with Gasteiger partial charge in [-0.15, -0.1) is 0 Å². The van der Waals surface area contributed by atoms with E-state index in [0.29, 0.717) is 6.04 Å². The lowest BCUT2D eigenvalue weighted by molar-refractivity contribution is 0.198. The van der Waals surface area contributed by atoms with Gasteiger partial charge >= 0.3 is 0 Å². The van der Waals surface area contributed by atoms with Crippen LogP contribution < -0.4 is 4.74 Å². The van der Waals surface area contributed by atoms with Gasteiger partial charge in [-0.05, 0) is 44.5 Å². The van der Waals surface area contributed by atoms with Crippen molar-refractivity contribution in [1.29, 1.82) is 0 Å². The molecule has 1 aromatic rings. The second kappa shape index (κ2) is 8.05. The minimum atomic E-state index is 0.554. The predicted octanol–water partition coefficient (Wildman–Crippen LogP) is 3.76. The molecule has 0 aliphatic carbocycles. The van der Waals surface area contributed by atoms with Crippen LogP contribution >= 0.6 is 0 Å². The lowest BCUT2D eigenvalue weighted by atomic mass is 10.2. The van der Waals surface area contributed by atoms with Crippen molar-refractivity contribution in [3.63, 3.8) is 0 Å². The molecular weight excluding hydrogens is 248 g/mol. The minimum absolute atomic E-state index is 0.554. The summed E-state index contributed by atoms with van der Waals surface area (Å²) in [4.78, 5) is 6.63. The topological polar surface area (TPSA) is 25.4 Å². The fraction of sp³-hybridized carbons (Fsp3) is 0.588. The Morgan fingerprint density at radius 1 is 1.45 bits per heavy atom. The lowest BCUT2D eigenvalue weighted by Gasteiger charge is -2.19. The second-order valence-electron chi connectivity index (χ2n) is 5.59. The molecule has 2 heterocycles. The number of ether oxygens (including phenoxy) is 1. The van der Waals surface area contributed by atoms with E-state index in [1.165, 1.54) is 32.2 Å². The van der Waals surface area contributed by atoms with Crippen LogP contribution in [0.25, 0.3) is 6.08 Å². The summed E-state index contributed by atoms with van der Waals surface area (Å²) in [5.41, 5.74) is 1.12. The molecule has 1 aliphatic rings. The van der Waals surface area contributed by atoms with Crippen molar-refractivity contribution in [2.75, 3.05) is 20.2 Å². The zero-order valence-electron chi connectivity index (χ0n) is 12.7. The first-order valence-corrected chi connectivity index (χ1v) is 7.74. The first-order valence-electron chi connectivity index (χ1n) is 7.74. The number of allylic oxidation sites excluding steroid dienone is 1. The van der Waals surface area contributed by atoms with Crippen LogP contribution in [-0.2, 0) is 0 Å². The van der Waals surface area contributed by atoms with E-state index in [9.17, 15) is 0 Å². The molecule has 0 aromatic carbocycles. The number of nitrogens with zero attached hydrogens (tertiary/aromatic N) is 2. The van der Waals surface area contributed by atoms with E-state index in [1.54, 1.807) is 6.20 Å². The van der Waals surface area contributed by atoms with Crippen LogP contribution in [0.5, 0.6) is 5.75 Å². The molecule has 1 fully saturated rings. The summed E-state index contributed by atoms with van der Waals surface area (Å²) < 4.78 is 5.89. The molecule has 2 rings (SSSR count). The van der Waals surface area contributed by atoms with E-state index in [4.69, 9.17) is 4.74 Å². The molecule has 0 N–H and O–H groups in total. The number of unbranched alkanes of at least 4 members (excludes halogenated alkanes) is 2. The highest BCUT2D eigenvalue weighted by Crippen LogP contribution is 2.18.